The Morgan fingerprint density at radius 3 is 3.00 bits per heavy atom. The molecular formula is C18H29N3O2. The normalized spacial score (nSPS) is 19.4. The molecule has 0 aliphatic carbocycles. The van der Waals surface area contributed by atoms with Gasteiger partial charge in [0.05, 0.1) is 6.61 Å². The number of carbonyl (C=O) groups is 1. The summed E-state index contributed by atoms with van der Waals surface area (Å²) in [6, 6.07) is 3.41. The molecule has 1 saturated heterocycles. The fraction of sp³-hybridized carbons (Fsp3) is 0.667. The summed E-state index contributed by atoms with van der Waals surface area (Å²) in [4.78, 5) is 19.0. The highest BCUT2D eigenvalue weighted by atomic mass is 16.5. The summed E-state index contributed by atoms with van der Waals surface area (Å²) in [5.41, 5.74) is 0.548. The molecule has 0 radical (unpaired) electrons. The lowest BCUT2D eigenvalue weighted by molar-refractivity contribution is 0.0657. The second-order valence-corrected chi connectivity index (χ2v) is 7.00. The van der Waals surface area contributed by atoms with E-state index in [9.17, 15) is 4.79 Å². The van der Waals surface area contributed by atoms with E-state index >= 15 is 0 Å². The third-order valence-electron chi connectivity index (χ3n) is 4.48. The number of carbonyl (C=O) groups excluding carboxylic acids is 1. The van der Waals surface area contributed by atoms with Gasteiger partial charge in [0, 0.05) is 36.5 Å². The Morgan fingerprint density at radius 2 is 2.30 bits per heavy atom. The Balaban J connectivity index is 1.93. The van der Waals surface area contributed by atoms with Gasteiger partial charge in [-0.1, -0.05) is 6.92 Å². The van der Waals surface area contributed by atoms with Crippen LogP contribution in [0.5, 0.6) is 5.88 Å². The molecule has 1 aromatic heterocycles. The highest BCUT2D eigenvalue weighted by Crippen LogP contribution is 2.23. The molecule has 2 rings (SSSR count). The van der Waals surface area contributed by atoms with E-state index in [1.165, 1.54) is 12.8 Å². The van der Waals surface area contributed by atoms with Crippen molar-refractivity contribution in [2.24, 2.45) is 5.92 Å². The smallest absolute Gasteiger partial charge is 0.251 e. The highest BCUT2D eigenvalue weighted by Gasteiger charge is 2.30. The summed E-state index contributed by atoms with van der Waals surface area (Å²) in [6.07, 6.45) is 4.15. The van der Waals surface area contributed by atoms with Crippen LogP contribution in [0.4, 0.5) is 0 Å². The van der Waals surface area contributed by atoms with Crippen LogP contribution in [0.3, 0.4) is 0 Å². The van der Waals surface area contributed by atoms with Crippen molar-refractivity contribution in [2.45, 2.75) is 46.1 Å². The van der Waals surface area contributed by atoms with Crippen LogP contribution in [-0.4, -0.2) is 47.6 Å². The number of hydrogen-bond donors (Lipinski definition) is 1. The van der Waals surface area contributed by atoms with Crippen molar-refractivity contribution in [1.82, 2.24) is 15.2 Å². The second kappa shape index (κ2) is 7.77. The average molecular weight is 319 g/mol. The van der Waals surface area contributed by atoms with E-state index in [1.54, 1.807) is 18.3 Å². The molecular weight excluding hydrogens is 290 g/mol. The minimum Gasteiger partial charge on any atom is -0.478 e. The van der Waals surface area contributed by atoms with Crippen LogP contribution < -0.4 is 10.1 Å². The number of nitrogens with one attached hydrogen (secondary N) is 1. The van der Waals surface area contributed by atoms with Gasteiger partial charge in [-0.3, -0.25) is 9.69 Å². The van der Waals surface area contributed by atoms with Crippen molar-refractivity contribution >= 4 is 5.91 Å². The Bertz CT molecular complexity index is 531. The van der Waals surface area contributed by atoms with Gasteiger partial charge in [0.25, 0.3) is 5.91 Å². The SMILES string of the molecule is CCOc1cc(C(=O)NCC(C)(C)N2CCCC(C)C2)ccn1. The maximum atomic E-state index is 12.4. The number of ether oxygens (including phenoxy) is 1. The van der Waals surface area contributed by atoms with E-state index in [4.69, 9.17) is 4.74 Å². The number of piperidine rings is 1. The maximum Gasteiger partial charge on any atom is 0.251 e. The standard InChI is InChI=1S/C18H29N3O2/c1-5-23-16-11-15(8-9-19-16)17(22)20-13-18(3,4)21-10-6-7-14(2)12-21/h8-9,11,14H,5-7,10,12-13H2,1-4H3,(H,20,22). The Kier molecular flexibility index (Phi) is 5.99. The molecule has 1 atom stereocenters. The van der Waals surface area contributed by atoms with Crippen LogP contribution in [0.2, 0.25) is 0 Å². The topological polar surface area (TPSA) is 54.5 Å². The molecule has 1 amide bonds. The predicted molar refractivity (Wildman–Crippen MR) is 91.8 cm³/mol. The summed E-state index contributed by atoms with van der Waals surface area (Å²) >= 11 is 0. The molecule has 128 valence electrons. The number of amides is 1. The molecule has 0 aromatic carbocycles. The zero-order valence-corrected chi connectivity index (χ0v) is 14.8. The van der Waals surface area contributed by atoms with Crippen LogP contribution in [0.1, 0.15) is 50.9 Å². The van der Waals surface area contributed by atoms with Crippen LogP contribution >= 0.6 is 0 Å². The van der Waals surface area contributed by atoms with E-state index in [-0.39, 0.29) is 11.4 Å². The van der Waals surface area contributed by atoms with Gasteiger partial charge in [0.2, 0.25) is 5.88 Å². The van der Waals surface area contributed by atoms with Gasteiger partial charge < -0.3 is 10.1 Å². The average Bonchev–Trinajstić information content (AvgIpc) is 2.53. The first-order valence-corrected chi connectivity index (χ1v) is 8.54. The lowest BCUT2D eigenvalue weighted by Crippen LogP contribution is -2.54. The summed E-state index contributed by atoms with van der Waals surface area (Å²) in [5.74, 6) is 1.14. The van der Waals surface area contributed by atoms with E-state index < -0.39 is 0 Å². The molecule has 1 aliphatic rings. The lowest BCUT2D eigenvalue weighted by Gasteiger charge is -2.43. The predicted octanol–water partition coefficient (Wildman–Crippen LogP) is 2.72. The van der Waals surface area contributed by atoms with Gasteiger partial charge in [-0.15, -0.1) is 0 Å². The molecule has 5 nitrogen and oxygen atoms in total. The molecule has 0 bridgehead atoms. The van der Waals surface area contributed by atoms with Crippen molar-refractivity contribution in [3.8, 4) is 5.88 Å². The van der Waals surface area contributed by atoms with Gasteiger partial charge in [-0.25, -0.2) is 4.98 Å². The molecule has 1 N–H and O–H groups in total. The van der Waals surface area contributed by atoms with Gasteiger partial charge in [-0.2, -0.15) is 0 Å². The molecule has 5 heteroatoms. The Hall–Kier alpha value is -1.62. The van der Waals surface area contributed by atoms with Crippen molar-refractivity contribution < 1.29 is 9.53 Å². The van der Waals surface area contributed by atoms with Crippen LogP contribution in [0, 0.1) is 5.92 Å². The van der Waals surface area contributed by atoms with Crippen LogP contribution in [-0.2, 0) is 0 Å². The van der Waals surface area contributed by atoms with E-state index in [1.807, 2.05) is 6.92 Å². The number of hydrogen-bond acceptors (Lipinski definition) is 4. The number of pyridine rings is 1. The zero-order valence-electron chi connectivity index (χ0n) is 14.8. The van der Waals surface area contributed by atoms with Crippen molar-refractivity contribution in [1.29, 1.82) is 0 Å². The molecule has 1 aliphatic heterocycles. The molecule has 1 fully saturated rings. The Labute approximate surface area is 139 Å². The van der Waals surface area contributed by atoms with Crippen molar-refractivity contribution in [3.05, 3.63) is 23.9 Å². The van der Waals surface area contributed by atoms with Crippen LogP contribution in [0.15, 0.2) is 18.3 Å². The van der Waals surface area contributed by atoms with E-state index in [2.05, 4.69) is 36.0 Å². The maximum absolute atomic E-state index is 12.4. The third-order valence-corrected chi connectivity index (χ3v) is 4.48. The summed E-state index contributed by atoms with van der Waals surface area (Å²) < 4.78 is 5.35. The number of rotatable bonds is 6. The van der Waals surface area contributed by atoms with Gasteiger partial charge in [0.1, 0.15) is 0 Å². The molecule has 1 aromatic rings. The quantitative estimate of drug-likeness (QED) is 0.876. The summed E-state index contributed by atoms with van der Waals surface area (Å²) in [5, 5.41) is 3.06. The molecule has 0 saturated carbocycles. The third kappa shape index (κ3) is 4.93. The monoisotopic (exact) mass is 319 g/mol. The van der Waals surface area contributed by atoms with Gasteiger partial charge in [0.15, 0.2) is 0 Å². The molecule has 0 spiro atoms. The summed E-state index contributed by atoms with van der Waals surface area (Å²) in [6.45, 7) is 12.0. The Morgan fingerprint density at radius 1 is 1.52 bits per heavy atom. The first-order valence-electron chi connectivity index (χ1n) is 8.54. The fourth-order valence-corrected chi connectivity index (χ4v) is 3.03. The molecule has 1 unspecified atom stereocenters. The van der Waals surface area contributed by atoms with Crippen LogP contribution in [0.25, 0.3) is 0 Å². The van der Waals surface area contributed by atoms with Gasteiger partial charge in [-0.05, 0) is 52.1 Å². The number of nitrogens with zero attached hydrogens (tertiary/aromatic N) is 2. The second-order valence-electron chi connectivity index (χ2n) is 7.00. The van der Waals surface area contributed by atoms with E-state index in [0.717, 1.165) is 19.0 Å². The summed E-state index contributed by atoms with van der Waals surface area (Å²) in [7, 11) is 0. The molecule has 2 heterocycles. The lowest BCUT2D eigenvalue weighted by atomic mass is 9.93. The van der Waals surface area contributed by atoms with Gasteiger partial charge >= 0.3 is 0 Å². The zero-order chi connectivity index (χ0) is 16.9. The first-order chi connectivity index (χ1) is 10.9. The van der Waals surface area contributed by atoms with E-state index in [0.29, 0.717) is 24.6 Å². The largest absolute Gasteiger partial charge is 0.478 e. The fourth-order valence-electron chi connectivity index (χ4n) is 3.03. The number of aromatic nitrogens is 1. The minimum atomic E-state index is -0.0773. The number of likely N-dealkylation sites (tertiary alicyclic amines) is 1. The van der Waals surface area contributed by atoms with Crippen molar-refractivity contribution in [2.75, 3.05) is 26.2 Å². The highest BCUT2D eigenvalue weighted by molar-refractivity contribution is 5.94. The molecule has 23 heavy (non-hydrogen) atoms. The minimum absolute atomic E-state index is 0.0415. The first kappa shape index (κ1) is 17.7. The van der Waals surface area contributed by atoms with Crippen molar-refractivity contribution in [3.63, 3.8) is 0 Å².